The van der Waals surface area contributed by atoms with Crippen LogP contribution in [0, 0.1) is 0 Å². The summed E-state index contributed by atoms with van der Waals surface area (Å²) < 4.78 is 0. The van der Waals surface area contributed by atoms with E-state index in [1.807, 2.05) is 18.2 Å². The van der Waals surface area contributed by atoms with Gasteiger partial charge in [0, 0.05) is 24.6 Å². The van der Waals surface area contributed by atoms with E-state index in [0.717, 1.165) is 5.56 Å². The summed E-state index contributed by atoms with van der Waals surface area (Å²) >= 11 is 0. The minimum Gasteiger partial charge on any atom is -0.481 e. The van der Waals surface area contributed by atoms with Gasteiger partial charge in [0.2, 0.25) is 0 Å². The summed E-state index contributed by atoms with van der Waals surface area (Å²) in [5, 5.41) is 17.8. The maximum Gasteiger partial charge on any atom is 0.309 e. The first kappa shape index (κ1) is 17.3. The highest BCUT2D eigenvalue weighted by Crippen LogP contribution is 2.26. The molecule has 0 fully saturated rings. The third-order valence-electron chi connectivity index (χ3n) is 3.89. The summed E-state index contributed by atoms with van der Waals surface area (Å²) in [7, 11) is 0. The lowest BCUT2D eigenvalue weighted by molar-refractivity contribution is -0.135. The first-order chi connectivity index (χ1) is 12.6. The quantitative estimate of drug-likeness (QED) is 0.780. The number of nitrogens with zero attached hydrogens (tertiary/aromatic N) is 3. The molecule has 0 radical (unpaired) electrons. The number of carboxylic acids is 1. The normalized spacial score (nSPS) is 15.7. The van der Waals surface area contributed by atoms with Crippen LogP contribution in [0.5, 0.6) is 0 Å². The van der Waals surface area contributed by atoms with Gasteiger partial charge < -0.3 is 10.4 Å². The predicted molar refractivity (Wildman–Crippen MR) is 97.4 cm³/mol. The molecule has 2 N–H and O–H groups in total. The highest BCUT2D eigenvalue weighted by Gasteiger charge is 2.33. The first-order valence-corrected chi connectivity index (χ1v) is 8.09. The smallest absolute Gasteiger partial charge is 0.309 e. The van der Waals surface area contributed by atoms with Crippen molar-refractivity contribution in [3.63, 3.8) is 0 Å². The standard InChI is InChI=1S/C19H18N4O3/c1-13(21-12-14-6-5-9-20-11-14)18-16(10-17(24)25)22-23(19(18)26)15-7-3-2-4-8-15/h2-9,11,21H,10,12H2,1H3,(H,24,25). The molecule has 0 saturated heterocycles. The summed E-state index contributed by atoms with van der Waals surface area (Å²) in [6, 6.07) is 12.7. The van der Waals surface area contributed by atoms with Gasteiger partial charge in [-0.1, -0.05) is 24.3 Å². The van der Waals surface area contributed by atoms with Crippen molar-refractivity contribution in [2.24, 2.45) is 5.10 Å². The maximum atomic E-state index is 12.9. The molecule has 0 atom stereocenters. The van der Waals surface area contributed by atoms with E-state index in [1.165, 1.54) is 5.01 Å². The average molecular weight is 350 g/mol. The number of carbonyl (C=O) groups is 2. The Labute approximate surface area is 150 Å². The van der Waals surface area contributed by atoms with Gasteiger partial charge in [-0.2, -0.15) is 10.1 Å². The van der Waals surface area contributed by atoms with Crippen molar-refractivity contribution in [1.82, 2.24) is 10.3 Å². The molecule has 132 valence electrons. The van der Waals surface area contributed by atoms with Crippen LogP contribution in [-0.4, -0.2) is 27.7 Å². The van der Waals surface area contributed by atoms with Gasteiger partial charge in [0.1, 0.15) is 0 Å². The first-order valence-electron chi connectivity index (χ1n) is 8.09. The SMILES string of the molecule is CC(NCc1cccnc1)=C1C(=O)N(c2ccccc2)N=C1CC(=O)O. The Morgan fingerprint density at radius 1 is 1.19 bits per heavy atom. The number of para-hydroxylation sites is 1. The Hall–Kier alpha value is -3.48. The lowest BCUT2D eigenvalue weighted by atomic mass is 10.1. The van der Waals surface area contributed by atoms with Crippen LogP contribution in [0.25, 0.3) is 0 Å². The molecule has 1 aromatic carbocycles. The molecule has 0 unspecified atom stereocenters. The summed E-state index contributed by atoms with van der Waals surface area (Å²) in [5.74, 6) is -1.38. The van der Waals surface area contributed by atoms with E-state index in [0.29, 0.717) is 23.5 Å². The molecule has 26 heavy (non-hydrogen) atoms. The zero-order valence-corrected chi connectivity index (χ0v) is 14.2. The van der Waals surface area contributed by atoms with Crippen LogP contribution in [0.1, 0.15) is 18.9 Å². The molecular weight excluding hydrogens is 332 g/mol. The number of aliphatic carboxylic acids is 1. The third-order valence-corrected chi connectivity index (χ3v) is 3.89. The Morgan fingerprint density at radius 3 is 2.62 bits per heavy atom. The van der Waals surface area contributed by atoms with Crippen molar-refractivity contribution in [2.75, 3.05) is 5.01 Å². The zero-order valence-electron chi connectivity index (χ0n) is 14.2. The summed E-state index contributed by atoms with van der Waals surface area (Å²) in [6.45, 7) is 2.22. The monoisotopic (exact) mass is 350 g/mol. The number of hydrazone groups is 1. The van der Waals surface area contributed by atoms with Gasteiger partial charge in [0.05, 0.1) is 23.4 Å². The highest BCUT2D eigenvalue weighted by atomic mass is 16.4. The molecule has 0 spiro atoms. The van der Waals surface area contributed by atoms with Crippen LogP contribution < -0.4 is 10.3 Å². The molecule has 7 heteroatoms. The number of carbonyl (C=O) groups excluding carboxylic acids is 1. The van der Waals surface area contributed by atoms with Crippen LogP contribution >= 0.6 is 0 Å². The Balaban J connectivity index is 1.89. The predicted octanol–water partition coefficient (Wildman–Crippen LogP) is 2.32. The van der Waals surface area contributed by atoms with Gasteiger partial charge in [0.25, 0.3) is 5.91 Å². The van der Waals surface area contributed by atoms with E-state index in [1.54, 1.807) is 43.6 Å². The molecule has 1 aliphatic heterocycles. The topological polar surface area (TPSA) is 94.9 Å². The van der Waals surface area contributed by atoms with E-state index in [-0.39, 0.29) is 18.0 Å². The van der Waals surface area contributed by atoms with Crippen molar-refractivity contribution in [3.8, 4) is 0 Å². The van der Waals surface area contributed by atoms with Crippen molar-refractivity contribution in [2.45, 2.75) is 19.9 Å². The molecular formula is C19H18N4O3. The fraction of sp³-hybridized carbons (Fsp3) is 0.158. The van der Waals surface area contributed by atoms with Crippen molar-refractivity contribution in [3.05, 3.63) is 71.7 Å². The number of hydrogen-bond acceptors (Lipinski definition) is 5. The number of carboxylic acid groups (broad SMARTS) is 1. The van der Waals surface area contributed by atoms with Gasteiger partial charge in [-0.25, -0.2) is 0 Å². The van der Waals surface area contributed by atoms with Crippen LogP contribution in [0.15, 0.2) is 71.2 Å². The second kappa shape index (κ2) is 7.60. The van der Waals surface area contributed by atoms with Gasteiger partial charge in [-0.15, -0.1) is 0 Å². The van der Waals surface area contributed by atoms with Gasteiger partial charge in [-0.3, -0.25) is 14.6 Å². The fourth-order valence-corrected chi connectivity index (χ4v) is 2.66. The highest BCUT2D eigenvalue weighted by molar-refractivity contribution is 6.33. The molecule has 1 amide bonds. The minimum atomic E-state index is -1.04. The van der Waals surface area contributed by atoms with Gasteiger partial charge in [0.15, 0.2) is 0 Å². The Bertz CT molecular complexity index is 876. The Morgan fingerprint density at radius 2 is 1.96 bits per heavy atom. The number of pyridine rings is 1. The summed E-state index contributed by atoms with van der Waals surface area (Å²) in [6.07, 6.45) is 3.09. The number of amides is 1. The van der Waals surface area contributed by atoms with E-state index >= 15 is 0 Å². The number of rotatable bonds is 6. The van der Waals surface area contributed by atoms with Crippen LogP contribution in [0.2, 0.25) is 0 Å². The number of aromatic nitrogens is 1. The lowest BCUT2D eigenvalue weighted by Crippen LogP contribution is -2.25. The van der Waals surface area contributed by atoms with Crippen molar-refractivity contribution < 1.29 is 14.7 Å². The van der Waals surface area contributed by atoms with Crippen LogP contribution in [0.3, 0.4) is 0 Å². The average Bonchev–Trinajstić information content (AvgIpc) is 2.97. The number of hydrogen-bond donors (Lipinski definition) is 2. The van der Waals surface area contributed by atoms with Crippen molar-refractivity contribution >= 4 is 23.3 Å². The second-order valence-corrected chi connectivity index (χ2v) is 5.78. The largest absolute Gasteiger partial charge is 0.481 e. The molecule has 2 heterocycles. The van der Waals surface area contributed by atoms with Crippen molar-refractivity contribution in [1.29, 1.82) is 0 Å². The molecule has 0 aliphatic carbocycles. The molecule has 7 nitrogen and oxygen atoms in total. The number of nitrogens with one attached hydrogen (secondary N) is 1. The maximum absolute atomic E-state index is 12.9. The number of benzene rings is 1. The van der Waals surface area contributed by atoms with Crippen LogP contribution in [-0.2, 0) is 16.1 Å². The molecule has 2 aromatic rings. The summed E-state index contributed by atoms with van der Waals surface area (Å²) in [4.78, 5) is 28.1. The summed E-state index contributed by atoms with van der Waals surface area (Å²) in [5.41, 5.74) is 2.66. The number of allylic oxidation sites excluding steroid dienone is 1. The fourth-order valence-electron chi connectivity index (χ4n) is 2.66. The second-order valence-electron chi connectivity index (χ2n) is 5.78. The third kappa shape index (κ3) is 3.77. The van der Waals surface area contributed by atoms with E-state index in [2.05, 4.69) is 15.4 Å². The lowest BCUT2D eigenvalue weighted by Gasteiger charge is -2.13. The van der Waals surface area contributed by atoms with E-state index in [9.17, 15) is 9.59 Å². The van der Waals surface area contributed by atoms with Gasteiger partial charge >= 0.3 is 5.97 Å². The molecule has 1 aliphatic rings. The van der Waals surface area contributed by atoms with Crippen LogP contribution in [0.4, 0.5) is 5.69 Å². The Kier molecular flexibility index (Phi) is 5.07. The van der Waals surface area contributed by atoms with E-state index < -0.39 is 5.97 Å². The zero-order chi connectivity index (χ0) is 18.5. The van der Waals surface area contributed by atoms with E-state index in [4.69, 9.17) is 5.11 Å². The molecule has 0 saturated carbocycles. The minimum absolute atomic E-state index is 0.238. The molecule has 3 rings (SSSR count). The molecule has 0 bridgehead atoms. The number of anilines is 1. The molecule has 1 aromatic heterocycles. The van der Waals surface area contributed by atoms with Gasteiger partial charge in [-0.05, 0) is 30.7 Å².